The van der Waals surface area contributed by atoms with E-state index in [1.807, 2.05) is 12.1 Å². The minimum Gasteiger partial charge on any atom is -0.508 e. The Morgan fingerprint density at radius 3 is 2.80 bits per heavy atom. The zero-order chi connectivity index (χ0) is 14.4. The van der Waals surface area contributed by atoms with Crippen molar-refractivity contribution in [3.05, 3.63) is 29.8 Å². The van der Waals surface area contributed by atoms with E-state index in [2.05, 4.69) is 48.8 Å². The summed E-state index contributed by atoms with van der Waals surface area (Å²) < 4.78 is 0. The summed E-state index contributed by atoms with van der Waals surface area (Å²) in [4.78, 5) is 0. The number of phenolic OH excluding ortho intramolecular Hbond substituents is 1. The molecule has 0 radical (unpaired) electrons. The van der Waals surface area contributed by atoms with Gasteiger partial charge in [0.15, 0.2) is 0 Å². The molecule has 1 fully saturated rings. The number of benzene rings is 1. The SMILES string of the molecule is CCNC(Cc1cccc(O)c1)C1SCCSC1CC. The highest BCUT2D eigenvalue weighted by Gasteiger charge is 2.31. The molecular formula is C16H25NOS2. The van der Waals surface area contributed by atoms with Gasteiger partial charge in [-0.3, -0.25) is 0 Å². The highest BCUT2D eigenvalue weighted by atomic mass is 32.2. The first-order valence-electron chi connectivity index (χ1n) is 7.49. The van der Waals surface area contributed by atoms with E-state index in [9.17, 15) is 5.11 Å². The standard InChI is InChI=1S/C16H25NOS2/c1-3-15-16(20-9-8-19-15)14(17-4-2)11-12-6-5-7-13(18)10-12/h5-7,10,14-18H,3-4,8-9,11H2,1-2H3. The Hall–Kier alpha value is -0.320. The summed E-state index contributed by atoms with van der Waals surface area (Å²) in [5, 5.41) is 14.7. The van der Waals surface area contributed by atoms with Crippen molar-refractivity contribution in [3.63, 3.8) is 0 Å². The second-order valence-electron chi connectivity index (χ2n) is 5.19. The summed E-state index contributed by atoms with van der Waals surface area (Å²) in [5.74, 6) is 2.91. The molecule has 2 rings (SSSR count). The van der Waals surface area contributed by atoms with Crippen LogP contribution in [0.5, 0.6) is 5.75 Å². The molecule has 1 aromatic rings. The first-order chi connectivity index (χ1) is 9.74. The molecular weight excluding hydrogens is 286 g/mol. The van der Waals surface area contributed by atoms with Gasteiger partial charge < -0.3 is 10.4 Å². The van der Waals surface area contributed by atoms with E-state index in [1.54, 1.807) is 6.07 Å². The second-order valence-corrected chi connectivity index (χ2v) is 7.82. The van der Waals surface area contributed by atoms with Crippen molar-refractivity contribution >= 4 is 23.5 Å². The molecule has 112 valence electrons. The largest absolute Gasteiger partial charge is 0.508 e. The quantitative estimate of drug-likeness (QED) is 0.842. The van der Waals surface area contributed by atoms with Gasteiger partial charge in [-0.05, 0) is 37.1 Å². The van der Waals surface area contributed by atoms with Crippen LogP contribution in [0.4, 0.5) is 0 Å². The van der Waals surface area contributed by atoms with Gasteiger partial charge in [-0.15, -0.1) is 0 Å². The number of hydrogen-bond acceptors (Lipinski definition) is 4. The van der Waals surface area contributed by atoms with Crippen LogP contribution in [0.25, 0.3) is 0 Å². The van der Waals surface area contributed by atoms with E-state index in [-0.39, 0.29) is 0 Å². The van der Waals surface area contributed by atoms with Crippen molar-refractivity contribution < 1.29 is 5.11 Å². The molecule has 0 spiro atoms. The molecule has 1 aliphatic rings. The second kappa shape index (κ2) is 8.20. The van der Waals surface area contributed by atoms with Gasteiger partial charge in [-0.1, -0.05) is 26.0 Å². The van der Waals surface area contributed by atoms with Gasteiger partial charge in [-0.25, -0.2) is 0 Å². The lowest BCUT2D eigenvalue weighted by molar-refractivity contribution is 0.469. The van der Waals surface area contributed by atoms with Gasteiger partial charge in [0.1, 0.15) is 5.75 Å². The van der Waals surface area contributed by atoms with Crippen LogP contribution in [0, 0.1) is 0 Å². The molecule has 1 aromatic carbocycles. The third kappa shape index (κ3) is 4.34. The van der Waals surface area contributed by atoms with E-state index >= 15 is 0 Å². The molecule has 0 aromatic heterocycles. The Kier molecular flexibility index (Phi) is 6.59. The molecule has 3 atom stereocenters. The summed E-state index contributed by atoms with van der Waals surface area (Å²) in [6.07, 6.45) is 2.24. The van der Waals surface area contributed by atoms with E-state index < -0.39 is 0 Å². The molecule has 20 heavy (non-hydrogen) atoms. The number of likely N-dealkylation sites (N-methyl/N-ethyl adjacent to an activating group) is 1. The Labute approximate surface area is 131 Å². The number of phenols is 1. The monoisotopic (exact) mass is 311 g/mol. The average molecular weight is 312 g/mol. The van der Waals surface area contributed by atoms with E-state index in [0.717, 1.165) is 18.2 Å². The smallest absolute Gasteiger partial charge is 0.115 e. The van der Waals surface area contributed by atoms with Crippen molar-refractivity contribution in [2.45, 2.75) is 43.2 Å². The van der Waals surface area contributed by atoms with Gasteiger partial charge in [0.05, 0.1) is 0 Å². The molecule has 0 saturated carbocycles. The van der Waals surface area contributed by atoms with Crippen LogP contribution in [0.15, 0.2) is 24.3 Å². The number of rotatable bonds is 6. The zero-order valence-corrected chi connectivity index (χ0v) is 14.0. The fraction of sp³-hybridized carbons (Fsp3) is 0.625. The number of nitrogens with one attached hydrogen (secondary N) is 1. The molecule has 3 unspecified atom stereocenters. The summed E-state index contributed by atoms with van der Waals surface area (Å²) >= 11 is 4.25. The highest BCUT2D eigenvalue weighted by Crippen LogP contribution is 2.36. The van der Waals surface area contributed by atoms with E-state index in [4.69, 9.17) is 0 Å². The average Bonchev–Trinajstić information content (AvgIpc) is 2.47. The molecule has 2 nitrogen and oxygen atoms in total. The number of aromatic hydroxyl groups is 1. The Morgan fingerprint density at radius 2 is 2.10 bits per heavy atom. The lowest BCUT2D eigenvalue weighted by atomic mass is 10.00. The van der Waals surface area contributed by atoms with Crippen LogP contribution in [-0.2, 0) is 6.42 Å². The third-order valence-electron chi connectivity index (χ3n) is 3.72. The predicted molar refractivity (Wildman–Crippen MR) is 92.1 cm³/mol. The van der Waals surface area contributed by atoms with Crippen molar-refractivity contribution in [2.24, 2.45) is 0 Å². The molecule has 2 N–H and O–H groups in total. The van der Waals surface area contributed by atoms with Crippen molar-refractivity contribution in [1.82, 2.24) is 5.32 Å². The summed E-state index contributed by atoms with van der Waals surface area (Å²) in [6.45, 7) is 5.48. The summed E-state index contributed by atoms with van der Waals surface area (Å²) in [5.41, 5.74) is 1.22. The van der Waals surface area contributed by atoms with Gasteiger partial charge >= 0.3 is 0 Å². The van der Waals surface area contributed by atoms with Gasteiger partial charge in [0.25, 0.3) is 0 Å². The lowest BCUT2D eigenvalue weighted by Crippen LogP contribution is -2.46. The van der Waals surface area contributed by atoms with Crippen LogP contribution >= 0.6 is 23.5 Å². The fourth-order valence-electron chi connectivity index (χ4n) is 2.82. The Morgan fingerprint density at radius 1 is 1.30 bits per heavy atom. The minimum absolute atomic E-state index is 0.371. The van der Waals surface area contributed by atoms with Gasteiger partial charge in [0.2, 0.25) is 0 Å². The summed E-state index contributed by atoms with van der Waals surface area (Å²) in [7, 11) is 0. The maximum absolute atomic E-state index is 9.63. The third-order valence-corrected chi connectivity index (χ3v) is 7.13. The van der Waals surface area contributed by atoms with Crippen molar-refractivity contribution in [3.8, 4) is 5.75 Å². The molecule has 0 amide bonds. The Balaban J connectivity index is 2.09. The summed E-state index contributed by atoms with van der Waals surface area (Å²) in [6, 6.07) is 8.18. The molecule has 1 saturated heterocycles. The van der Waals surface area contributed by atoms with Crippen LogP contribution in [-0.4, -0.2) is 39.7 Å². The number of thioether (sulfide) groups is 2. The van der Waals surface area contributed by atoms with Gasteiger partial charge in [-0.2, -0.15) is 23.5 Å². The predicted octanol–water partition coefficient (Wildman–Crippen LogP) is 3.54. The normalized spacial score (nSPS) is 24.5. The van der Waals surface area contributed by atoms with E-state index in [0.29, 0.717) is 17.0 Å². The van der Waals surface area contributed by atoms with Crippen LogP contribution in [0.3, 0.4) is 0 Å². The van der Waals surface area contributed by atoms with Crippen LogP contribution in [0.2, 0.25) is 0 Å². The minimum atomic E-state index is 0.371. The molecule has 0 bridgehead atoms. The van der Waals surface area contributed by atoms with E-state index in [1.165, 1.54) is 23.5 Å². The van der Waals surface area contributed by atoms with Crippen LogP contribution in [0.1, 0.15) is 25.8 Å². The lowest BCUT2D eigenvalue weighted by Gasteiger charge is -2.36. The first-order valence-corrected chi connectivity index (χ1v) is 9.58. The fourth-order valence-corrected chi connectivity index (χ4v) is 6.08. The molecule has 1 aliphatic heterocycles. The molecule has 1 heterocycles. The molecule has 4 heteroatoms. The van der Waals surface area contributed by atoms with Crippen molar-refractivity contribution in [2.75, 3.05) is 18.1 Å². The zero-order valence-electron chi connectivity index (χ0n) is 12.3. The maximum atomic E-state index is 9.63. The van der Waals surface area contributed by atoms with Gasteiger partial charge in [0, 0.05) is 28.0 Å². The Bertz CT molecular complexity index is 413. The first kappa shape index (κ1) is 16.1. The maximum Gasteiger partial charge on any atom is 0.115 e. The molecule has 0 aliphatic carbocycles. The number of hydrogen-bond donors (Lipinski definition) is 2. The van der Waals surface area contributed by atoms with Crippen molar-refractivity contribution in [1.29, 1.82) is 0 Å². The van der Waals surface area contributed by atoms with Crippen LogP contribution < -0.4 is 5.32 Å². The topological polar surface area (TPSA) is 32.3 Å². The highest BCUT2D eigenvalue weighted by molar-refractivity contribution is 8.07.